The van der Waals surface area contributed by atoms with Gasteiger partial charge in [0.2, 0.25) is 0 Å². The van der Waals surface area contributed by atoms with Crippen LogP contribution in [0.25, 0.3) is 0 Å². The number of rotatable bonds is 3. The van der Waals surface area contributed by atoms with E-state index in [2.05, 4.69) is 56.9 Å². The third kappa shape index (κ3) is 3.12. The Kier molecular flexibility index (Phi) is 4.76. The lowest BCUT2D eigenvalue weighted by Gasteiger charge is -2.50. The van der Waals surface area contributed by atoms with Crippen molar-refractivity contribution in [3.05, 3.63) is 47.2 Å². The minimum atomic E-state index is 0.0411. The second kappa shape index (κ2) is 6.53. The Morgan fingerprint density at radius 1 is 1.38 bits per heavy atom. The molecule has 2 atom stereocenters. The Hall–Kier alpha value is -1.32. The van der Waals surface area contributed by atoms with Crippen LogP contribution in [0.4, 0.5) is 0 Å². The van der Waals surface area contributed by atoms with E-state index in [9.17, 15) is 5.26 Å². The summed E-state index contributed by atoms with van der Waals surface area (Å²) >= 11 is 0. The van der Waals surface area contributed by atoms with Gasteiger partial charge in [-0.15, -0.1) is 7.92 Å². The van der Waals surface area contributed by atoms with Gasteiger partial charge < -0.3 is 4.90 Å². The number of hydrogen-bond donors (Lipinski definition) is 0. The second-order valence-electron chi connectivity index (χ2n) is 8.37. The summed E-state index contributed by atoms with van der Waals surface area (Å²) in [6, 6.07) is 9.06. The van der Waals surface area contributed by atoms with Gasteiger partial charge >= 0.3 is 0 Å². The molecule has 1 aliphatic carbocycles. The first-order valence-electron chi connectivity index (χ1n) is 8.95. The number of benzene rings is 1. The summed E-state index contributed by atoms with van der Waals surface area (Å²) in [5.74, 6) is 0.620. The summed E-state index contributed by atoms with van der Waals surface area (Å²) in [7, 11) is 0.0411. The molecule has 0 amide bonds. The van der Waals surface area contributed by atoms with Crippen LogP contribution < -0.4 is 0 Å². The van der Waals surface area contributed by atoms with Gasteiger partial charge in [-0.25, -0.2) is 0 Å². The van der Waals surface area contributed by atoms with Gasteiger partial charge in [0, 0.05) is 12.2 Å². The van der Waals surface area contributed by atoms with Crippen molar-refractivity contribution in [1.29, 1.82) is 5.26 Å². The molecule has 0 bridgehead atoms. The summed E-state index contributed by atoms with van der Waals surface area (Å²) in [5.41, 5.74) is 5.17. The summed E-state index contributed by atoms with van der Waals surface area (Å²) in [6.07, 6.45) is 4.72. The van der Waals surface area contributed by atoms with Crippen molar-refractivity contribution >= 4 is 7.92 Å². The molecule has 0 saturated carbocycles. The fraction of sp³-hybridized carbons (Fsp3) is 0.571. The van der Waals surface area contributed by atoms with E-state index in [1.807, 2.05) is 6.07 Å². The Bertz CT molecular complexity index is 684. The number of nitrogens with zero attached hydrogens (tertiary/aromatic N) is 2. The molecule has 1 aromatic rings. The normalized spacial score (nSPS) is 25.7. The van der Waals surface area contributed by atoms with E-state index >= 15 is 0 Å². The van der Waals surface area contributed by atoms with Crippen molar-refractivity contribution in [2.24, 2.45) is 11.3 Å². The number of hydrogen-bond acceptors (Lipinski definition) is 2. The topological polar surface area (TPSA) is 27.0 Å². The van der Waals surface area contributed by atoms with Crippen LogP contribution in [0.3, 0.4) is 0 Å². The smallest absolute Gasteiger partial charge is 0.0991 e. The van der Waals surface area contributed by atoms with Gasteiger partial charge in [-0.2, -0.15) is 5.26 Å². The standard InChI is InChI=1S/C21H29N2P/c1-15-7-6-10-23(15)20-18-11-16(13-22)8-9-17(18)12-21(2,3)19(20)14-24(4)5/h8-9,11,19-20H,1,6-7,10,12,14H2,2-5H3. The quantitative estimate of drug-likeness (QED) is 0.712. The van der Waals surface area contributed by atoms with Crippen LogP contribution in [0.2, 0.25) is 0 Å². The van der Waals surface area contributed by atoms with Crippen LogP contribution in [0.15, 0.2) is 30.5 Å². The molecular formula is C21H29N2P. The van der Waals surface area contributed by atoms with Crippen LogP contribution in [-0.2, 0) is 6.42 Å². The summed E-state index contributed by atoms with van der Waals surface area (Å²) in [5, 5.41) is 9.38. The first-order chi connectivity index (χ1) is 11.3. The lowest BCUT2D eigenvalue weighted by molar-refractivity contribution is 0.0962. The van der Waals surface area contributed by atoms with Gasteiger partial charge in [0.15, 0.2) is 0 Å². The van der Waals surface area contributed by atoms with Crippen molar-refractivity contribution in [2.45, 2.75) is 39.2 Å². The molecule has 0 spiro atoms. The third-order valence-electron chi connectivity index (χ3n) is 5.79. The molecule has 1 saturated heterocycles. The summed E-state index contributed by atoms with van der Waals surface area (Å²) < 4.78 is 0. The van der Waals surface area contributed by atoms with Crippen LogP contribution in [0.5, 0.6) is 0 Å². The van der Waals surface area contributed by atoms with E-state index in [0.29, 0.717) is 12.0 Å². The van der Waals surface area contributed by atoms with Crippen LogP contribution in [-0.4, -0.2) is 30.9 Å². The number of nitriles is 1. The highest BCUT2D eigenvalue weighted by Crippen LogP contribution is 2.53. The number of likely N-dealkylation sites (tertiary alicyclic amines) is 1. The van der Waals surface area contributed by atoms with E-state index in [1.165, 1.54) is 29.4 Å². The molecule has 0 aromatic heterocycles. The largest absolute Gasteiger partial charge is 0.368 e. The van der Waals surface area contributed by atoms with Gasteiger partial charge in [-0.05, 0) is 73.3 Å². The lowest BCUT2D eigenvalue weighted by atomic mass is 9.64. The zero-order chi connectivity index (χ0) is 17.5. The molecule has 2 nitrogen and oxygen atoms in total. The zero-order valence-electron chi connectivity index (χ0n) is 15.5. The Morgan fingerprint density at radius 2 is 2.12 bits per heavy atom. The van der Waals surface area contributed by atoms with Crippen molar-refractivity contribution in [3.8, 4) is 6.07 Å². The average Bonchev–Trinajstić information content (AvgIpc) is 2.93. The molecule has 1 aliphatic heterocycles. The van der Waals surface area contributed by atoms with E-state index in [-0.39, 0.29) is 13.3 Å². The molecule has 1 aromatic carbocycles. The first-order valence-corrected chi connectivity index (χ1v) is 11.4. The van der Waals surface area contributed by atoms with Crippen LogP contribution >= 0.6 is 7.92 Å². The summed E-state index contributed by atoms with van der Waals surface area (Å²) in [4.78, 5) is 2.56. The highest BCUT2D eigenvalue weighted by atomic mass is 31.1. The molecule has 1 heterocycles. The minimum absolute atomic E-state index is 0.0411. The van der Waals surface area contributed by atoms with E-state index in [0.717, 1.165) is 24.9 Å². The molecule has 2 unspecified atom stereocenters. The maximum atomic E-state index is 9.38. The molecule has 0 radical (unpaired) electrons. The lowest BCUT2D eigenvalue weighted by Crippen LogP contribution is -2.44. The number of fused-ring (bicyclic) bond motifs is 1. The first kappa shape index (κ1) is 17.5. The van der Waals surface area contributed by atoms with E-state index in [1.54, 1.807) is 0 Å². The predicted molar refractivity (Wildman–Crippen MR) is 104 cm³/mol. The fourth-order valence-corrected chi connectivity index (χ4v) is 6.06. The zero-order valence-corrected chi connectivity index (χ0v) is 16.4. The summed E-state index contributed by atoms with van der Waals surface area (Å²) in [6.45, 7) is 15.1. The molecule has 3 heteroatoms. The second-order valence-corrected chi connectivity index (χ2v) is 10.9. The molecule has 24 heavy (non-hydrogen) atoms. The number of allylic oxidation sites excluding steroid dienone is 1. The fourth-order valence-electron chi connectivity index (χ4n) is 4.58. The van der Waals surface area contributed by atoms with Gasteiger partial charge in [-0.1, -0.05) is 26.5 Å². The highest BCUT2D eigenvalue weighted by molar-refractivity contribution is 7.55. The van der Waals surface area contributed by atoms with Crippen molar-refractivity contribution in [3.63, 3.8) is 0 Å². The molecular weight excluding hydrogens is 311 g/mol. The molecule has 2 aliphatic rings. The van der Waals surface area contributed by atoms with Crippen LogP contribution in [0, 0.1) is 22.7 Å². The van der Waals surface area contributed by atoms with Gasteiger partial charge in [0.05, 0.1) is 17.7 Å². The Morgan fingerprint density at radius 3 is 2.71 bits per heavy atom. The molecule has 128 valence electrons. The van der Waals surface area contributed by atoms with Gasteiger partial charge in [0.25, 0.3) is 0 Å². The average molecular weight is 340 g/mol. The minimum Gasteiger partial charge on any atom is -0.368 e. The molecule has 3 rings (SSSR count). The Balaban J connectivity index is 2.13. The van der Waals surface area contributed by atoms with Crippen LogP contribution in [0.1, 0.15) is 49.4 Å². The van der Waals surface area contributed by atoms with E-state index in [4.69, 9.17) is 0 Å². The Labute approximate surface area is 148 Å². The third-order valence-corrected chi connectivity index (χ3v) is 6.92. The van der Waals surface area contributed by atoms with Gasteiger partial charge in [0.1, 0.15) is 0 Å². The maximum absolute atomic E-state index is 9.38. The van der Waals surface area contributed by atoms with Crippen molar-refractivity contribution < 1.29 is 0 Å². The molecule has 1 fully saturated rings. The predicted octanol–water partition coefficient (Wildman–Crippen LogP) is 5.15. The van der Waals surface area contributed by atoms with Crippen molar-refractivity contribution in [2.75, 3.05) is 26.0 Å². The SMILES string of the molecule is C=C1CCCN1C1c2cc(C#N)ccc2CC(C)(C)C1CP(C)C. The maximum Gasteiger partial charge on any atom is 0.0991 e. The van der Waals surface area contributed by atoms with Gasteiger partial charge in [-0.3, -0.25) is 0 Å². The molecule has 0 N–H and O–H groups in total. The highest BCUT2D eigenvalue weighted by Gasteiger charge is 2.45. The monoisotopic (exact) mass is 340 g/mol. The van der Waals surface area contributed by atoms with Crippen molar-refractivity contribution in [1.82, 2.24) is 4.90 Å². The van der Waals surface area contributed by atoms with E-state index < -0.39 is 0 Å².